The minimum absolute atomic E-state index is 0.0919. The Hall–Kier alpha value is -7.76. The van der Waals surface area contributed by atoms with E-state index < -0.39 is 144 Å². The number of carbonyl (C=O) groups excluding carboxylic acids is 12. The zero-order chi connectivity index (χ0) is 65.5. The van der Waals surface area contributed by atoms with Gasteiger partial charge in [0.25, 0.3) is 11.8 Å². The minimum Gasteiger partial charge on any atom is -0.393 e. The van der Waals surface area contributed by atoms with Gasteiger partial charge in [-0.1, -0.05) is 81.3 Å². The predicted octanol–water partition coefficient (Wildman–Crippen LogP) is 1.37. The van der Waals surface area contributed by atoms with Crippen LogP contribution in [0.1, 0.15) is 96.6 Å². The molecule has 16 amide bonds. The number of nitrogens with one attached hydrogen (secondary N) is 5. The summed E-state index contributed by atoms with van der Waals surface area (Å²) in [7, 11) is 1.75. The number of primary amides is 1. The molecule has 87 heavy (non-hydrogen) atoms. The number of carbonyl (C=O) groups is 12. The first-order valence-corrected chi connectivity index (χ1v) is 30.9. The summed E-state index contributed by atoms with van der Waals surface area (Å²) >= 11 is 6.34. The number of hydrogen-bond donors (Lipinski definition) is 7. The molecule has 0 aliphatic carbocycles. The van der Waals surface area contributed by atoms with Crippen LogP contribution in [-0.2, 0) is 61.2 Å². The van der Waals surface area contributed by atoms with Gasteiger partial charge in [0.05, 0.1) is 24.8 Å². The summed E-state index contributed by atoms with van der Waals surface area (Å²) in [6, 6.07) is 2.93. The van der Waals surface area contributed by atoms with Crippen LogP contribution in [0.5, 0.6) is 0 Å². The summed E-state index contributed by atoms with van der Waals surface area (Å²) in [5.74, 6) is -6.84. The van der Waals surface area contributed by atoms with Gasteiger partial charge in [0.15, 0.2) is 0 Å². The normalized spacial score (nSPS) is 14.3. The monoisotopic (exact) mass is 1260 g/mol. The van der Waals surface area contributed by atoms with Crippen LogP contribution < -0.4 is 31.7 Å². The molecule has 0 spiro atoms. The van der Waals surface area contributed by atoms with Crippen molar-refractivity contribution in [3.63, 3.8) is 0 Å². The van der Waals surface area contributed by atoms with Gasteiger partial charge in [-0.25, -0.2) is 27.6 Å². The molecule has 1 saturated heterocycles. The van der Waals surface area contributed by atoms with Gasteiger partial charge < -0.3 is 46.4 Å². The predicted molar refractivity (Wildman–Crippen MR) is 321 cm³/mol. The quantitative estimate of drug-likeness (QED) is 0.0605. The molecular formula is C57H86ClN13O15S. The Labute approximate surface area is 513 Å². The molecule has 482 valence electrons. The molecule has 6 atom stereocenters. The third-order valence-corrected chi connectivity index (χ3v) is 15.1. The van der Waals surface area contributed by atoms with E-state index in [1.807, 2.05) is 20.8 Å². The van der Waals surface area contributed by atoms with E-state index in [0.29, 0.717) is 64.6 Å². The third kappa shape index (κ3) is 24.1. The summed E-state index contributed by atoms with van der Waals surface area (Å²) in [5.41, 5.74) is 6.38. The second kappa shape index (κ2) is 35.1. The number of rotatable bonds is 29. The van der Waals surface area contributed by atoms with Crippen LogP contribution >= 0.6 is 11.6 Å². The van der Waals surface area contributed by atoms with E-state index in [-0.39, 0.29) is 43.2 Å². The first-order valence-electron chi connectivity index (χ1n) is 28.6. The molecule has 0 unspecified atom stereocenters. The zero-order valence-corrected chi connectivity index (χ0v) is 52.8. The lowest BCUT2D eigenvalue weighted by Crippen LogP contribution is -2.61. The second-order valence-corrected chi connectivity index (χ2v) is 24.2. The number of likely N-dealkylation sites (N-methyl/N-ethyl adjacent to an activating group) is 5. The molecule has 0 saturated carbocycles. The molecule has 0 bridgehead atoms. The summed E-state index contributed by atoms with van der Waals surface area (Å²) in [4.78, 5) is 171. The largest absolute Gasteiger partial charge is 0.393 e. The van der Waals surface area contributed by atoms with E-state index in [9.17, 15) is 71.1 Å². The van der Waals surface area contributed by atoms with E-state index >= 15 is 0 Å². The maximum absolute atomic E-state index is 14.9. The zero-order valence-electron chi connectivity index (χ0n) is 51.2. The molecule has 1 fully saturated rings. The van der Waals surface area contributed by atoms with Crippen molar-refractivity contribution < 1.29 is 71.1 Å². The fraction of sp³-hybridized carbons (Fsp3) is 0.579. The van der Waals surface area contributed by atoms with Crippen molar-refractivity contribution in [3.05, 3.63) is 70.7 Å². The summed E-state index contributed by atoms with van der Waals surface area (Å²) in [5, 5.41) is 20.5. The van der Waals surface area contributed by atoms with Crippen LogP contribution in [0, 0.1) is 5.92 Å². The van der Waals surface area contributed by atoms with Gasteiger partial charge in [0.2, 0.25) is 45.5 Å². The Balaban J connectivity index is 1.98. The van der Waals surface area contributed by atoms with Gasteiger partial charge in [-0.3, -0.25) is 63.1 Å². The number of imide groups is 4. The van der Waals surface area contributed by atoms with Crippen molar-refractivity contribution in [2.75, 3.05) is 74.2 Å². The van der Waals surface area contributed by atoms with Gasteiger partial charge in [0.1, 0.15) is 30.7 Å². The number of nitrogens with zero attached hydrogens (tertiary/aromatic N) is 7. The lowest BCUT2D eigenvalue weighted by Gasteiger charge is -2.35. The van der Waals surface area contributed by atoms with Crippen molar-refractivity contribution in [3.8, 4) is 0 Å². The van der Waals surface area contributed by atoms with E-state index in [0.717, 1.165) is 43.6 Å². The van der Waals surface area contributed by atoms with Crippen molar-refractivity contribution in [1.29, 1.82) is 0 Å². The molecule has 30 heteroatoms. The molecule has 0 radical (unpaired) electrons. The average Bonchev–Trinajstić information content (AvgIpc) is 2.72. The molecule has 2 aromatic rings. The Kier molecular flexibility index (Phi) is 29.7. The van der Waals surface area contributed by atoms with Gasteiger partial charge in [-0.15, -0.1) is 0 Å². The van der Waals surface area contributed by atoms with E-state index in [1.54, 1.807) is 59.3 Å². The number of amides is 16. The highest BCUT2D eigenvalue weighted by Crippen LogP contribution is 2.19. The van der Waals surface area contributed by atoms with Crippen LogP contribution in [0.15, 0.2) is 54.6 Å². The number of piperidine rings is 1. The molecule has 3 rings (SSSR count). The van der Waals surface area contributed by atoms with Crippen LogP contribution in [0.2, 0.25) is 5.02 Å². The topological polar surface area (TPSA) is 368 Å². The highest BCUT2D eigenvalue weighted by Gasteiger charge is 2.39. The number of unbranched alkanes of at least 4 members (excludes halogenated alkanes) is 1. The highest BCUT2D eigenvalue weighted by atomic mass is 35.5. The number of benzene rings is 2. The molecule has 0 aromatic heterocycles. The number of hydrogen-bond acceptors (Lipinski definition) is 16. The highest BCUT2D eigenvalue weighted by molar-refractivity contribution is 7.89. The van der Waals surface area contributed by atoms with Crippen LogP contribution in [0.4, 0.5) is 19.2 Å². The third-order valence-electron chi connectivity index (χ3n) is 14.3. The number of urea groups is 4. The van der Waals surface area contributed by atoms with Crippen molar-refractivity contribution in [2.24, 2.45) is 11.7 Å². The van der Waals surface area contributed by atoms with E-state index in [1.165, 1.54) is 30.8 Å². The number of sulfonamides is 1. The van der Waals surface area contributed by atoms with Crippen LogP contribution in [0.3, 0.4) is 0 Å². The first kappa shape index (κ1) is 73.5. The standard InChI is InChI=1S/C57H86ClN13O15S/c1-11-12-26-71(47(74)30-37(4)72)35-48(75)67(7)57(84)63-56(83)66(6)45(32-38-20-15-13-16-21-38)53(80)69(9)55(82)62-43(52(79)70-27-17-14-18-28-70)34-60-42(29-36(2)3)51(78)65(5)44(33-39-22-19-23-40(58)31-39)49(76)61-41(50(77)68(8)54(59)81)24-25-46(73)64-87(10,85)86/h13,15-16,19-23,31,36-37,41-45,60,72H,11-12,14,17-18,24-30,32-35H2,1-10H3,(H2,59,81)(H,61,76)(H,62,82)(H,64,73)(H,63,83,84)/t37-,41+,42-,43+,44+,45+/m1/s1. The number of aliphatic hydroxyl groups is 1. The van der Waals surface area contributed by atoms with Crippen molar-refractivity contribution >= 4 is 93.0 Å². The maximum Gasteiger partial charge on any atom is 0.331 e. The summed E-state index contributed by atoms with van der Waals surface area (Å²) in [6.07, 6.45) is 1.40. The Morgan fingerprint density at radius 3 is 1.90 bits per heavy atom. The van der Waals surface area contributed by atoms with Crippen molar-refractivity contribution in [2.45, 2.75) is 135 Å². The smallest absolute Gasteiger partial charge is 0.331 e. The van der Waals surface area contributed by atoms with E-state index in [2.05, 4.69) is 21.3 Å². The van der Waals surface area contributed by atoms with Gasteiger partial charge in [-0.05, 0) is 74.6 Å². The molecule has 1 aliphatic rings. The Morgan fingerprint density at radius 2 is 1.32 bits per heavy atom. The first-order chi connectivity index (χ1) is 40.8. The molecule has 1 aliphatic heterocycles. The molecule has 8 N–H and O–H groups in total. The lowest BCUT2D eigenvalue weighted by atomic mass is 9.99. The summed E-state index contributed by atoms with van der Waals surface area (Å²) in [6.45, 7) is 6.81. The number of nitrogens with two attached hydrogens (primary N) is 1. The second-order valence-electron chi connectivity index (χ2n) is 22.0. The SMILES string of the molecule is CCCCN(CC(=O)N(C)C(=O)NC(=O)N(C)[C@@H](Cc1ccccc1)C(=O)N(C)C(=O)N[C@@H](CN[C@H](CC(C)C)C(=O)N(C)[C@@H](Cc1cccc(Cl)c1)C(=O)N[C@@H](CCC(=O)NS(C)(=O)=O)C(=O)N(C)C(N)=O)C(=O)N1CCCCC1)C(=O)C[C@@H](C)O. The average molecular weight is 1260 g/mol. The van der Waals surface area contributed by atoms with Crippen LogP contribution in [0.25, 0.3) is 0 Å². The van der Waals surface area contributed by atoms with Gasteiger partial charge in [0, 0.05) is 85.7 Å². The Morgan fingerprint density at radius 1 is 0.701 bits per heavy atom. The molecule has 2 aromatic carbocycles. The number of likely N-dealkylation sites (tertiary alicyclic amines) is 1. The van der Waals surface area contributed by atoms with Gasteiger partial charge >= 0.3 is 24.1 Å². The fourth-order valence-corrected chi connectivity index (χ4v) is 9.97. The Bertz CT molecular complexity index is 2880. The number of aliphatic hydroxyl groups excluding tert-OH is 1. The van der Waals surface area contributed by atoms with Crippen LogP contribution in [-0.4, -0.2) is 230 Å². The summed E-state index contributed by atoms with van der Waals surface area (Å²) < 4.78 is 25.3. The van der Waals surface area contributed by atoms with E-state index in [4.69, 9.17) is 17.3 Å². The minimum atomic E-state index is -4.02. The molecular weight excluding hydrogens is 1170 g/mol. The van der Waals surface area contributed by atoms with Crippen molar-refractivity contribution in [1.82, 2.24) is 60.3 Å². The maximum atomic E-state index is 14.9. The lowest BCUT2D eigenvalue weighted by molar-refractivity contribution is -0.142. The van der Waals surface area contributed by atoms with Gasteiger partial charge in [-0.2, -0.15) is 0 Å². The fourth-order valence-electron chi connectivity index (χ4n) is 9.24. The number of halogens is 1. The molecule has 1 heterocycles. The molecule has 28 nitrogen and oxygen atoms in total.